The Morgan fingerprint density at radius 2 is 1.77 bits per heavy atom. The van der Waals surface area contributed by atoms with Crippen LogP contribution in [0.1, 0.15) is 6.42 Å². The van der Waals surface area contributed by atoms with Gasteiger partial charge in [-0.2, -0.15) is 0 Å². The number of piperazine rings is 1. The maximum Gasteiger partial charge on any atom is 0.264 e. The number of hydrogen-bond acceptors (Lipinski definition) is 9. The van der Waals surface area contributed by atoms with Gasteiger partial charge in [-0.15, -0.1) is 0 Å². The molecule has 2 aliphatic heterocycles. The molecule has 0 amide bonds. The van der Waals surface area contributed by atoms with E-state index in [1.54, 1.807) is 6.07 Å². The summed E-state index contributed by atoms with van der Waals surface area (Å²) in [6, 6.07) is 4.46. The largest absolute Gasteiger partial charge is 0.493 e. The Morgan fingerprint density at radius 3 is 2.40 bits per heavy atom. The zero-order valence-electron chi connectivity index (χ0n) is 17.9. The summed E-state index contributed by atoms with van der Waals surface area (Å²) >= 11 is 0. The number of nitrogens with one attached hydrogen (secondary N) is 2. The van der Waals surface area contributed by atoms with Crippen molar-refractivity contribution in [3.05, 3.63) is 18.2 Å². The summed E-state index contributed by atoms with van der Waals surface area (Å²) < 4.78 is 38.2. The molecule has 10 nitrogen and oxygen atoms in total. The van der Waals surface area contributed by atoms with Crippen LogP contribution in [0.2, 0.25) is 0 Å². The van der Waals surface area contributed by atoms with Crippen LogP contribution in [-0.4, -0.2) is 103 Å². The molecule has 0 aromatic heterocycles. The van der Waals surface area contributed by atoms with Crippen LogP contribution in [0.4, 0.5) is 0 Å². The molecular weight excluding hydrogens is 408 g/mol. The molecule has 1 saturated heterocycles. The van der Waals surface area contributed by atoms with E-state index in [1.165, 1.54) is 26.4 Å². The second-order valence-corrected chi connectivity index (χ2v) is 9.18. The summed E-state index contributed by atoms with van der Waals surface area (Å²) in [4.78, 5) is 11.4. The standard InChI is InChI=1S/C19H32N6O4S/c1-23-9-11-24(12-10-23)7-4-8-25-14-20-19(21-15-25)22-30(26,27)16-5-6-17(28-2)18(13-16)29-3/h5-6,13H,4,7-12,14-15H2,1-3H3,(H2,20,21,22). The first-order chi connectivity index (χ1) is 14.4. The molecule has 1 aromatic carbocycles. The number of guanidine groups is 1. The highest BCUT2D eigenvalue weighted by atomic mass is 32.2. The highest BCUT2D eigenvalue weighted by Crippen LogP contribution is 2.29. The summed E-state index contributed by atoms with van der Waals surface area (Å²) in [5, 5.41) is 3.05. The molecule has 3 rings (SSSR count). The van der Waals surface area contributed by atoms with Crippen molar-refractivity contribution >= 4 is 16.0 Å². The van der Waals surface area contributed by atoms with Crippen LogP contribution in [0.5, 0.6) is 11.5 Å². The van der Waals surface area contributed by atoms with E-state index in [0.29, 0.717) is 24.8 Å². The smallest absolute Gasteiger partial charge is 0.264 e. The molecule has 0 saturated carbocycles. The van der Waals surface area contributed by atoms with Crippen LogP contribution < -0.4 is 19.5 Å². The zero-order valence-corrected chi connectivity index (χ0v) is 18.7. The van der Waals surface area contributed by atoms with E-state index >= 15 is 0 Å². The Hall–Kier alpha value is -2.08. The van der Waals surface area contributed by atoms with Crippen molar-refractivity contribution in [3.8, 4) is 11.5 Å². The topological polar surface area (TPSA) is 98.7 Å². The number of aliphatic imine (C=N–C) groups is 1. The maximum atomic E-state index is 12.7. The summed E-state index contributed by atoms with van der Waals surface area (Å²) in [6.07, 6.45) is 1.06. The number of sulfonamides is 1. The first kappa shape index (κ1) is 22.6. The van der Waals surface area contributed by atoms with Gasteiger partial charge in [0.2, 0.25) is 5.96 Å². The number of nitrogens with zero attached hydrogens (tertiary/aromatic N) is 4. The second kappa shape index (κ2) is 10.3. The molecular formula is C19H32N6O4S. The number of methoxy groups -OCH3 is 2. The number of benzene rings is 1. The van der Waals surface area contributed by atoms with Crippen molar-refractivity contribution in [2.75, 3.05) is 73.9 Å². The van der Waals surface area contributed by atoms with E-state index in [0.717, 1.165) is 45.7 Å². The summed E-state index contributed by atoms with van der Waals surface area (Å²) in [7, 11) is 1.35. The first-order valence-electron chi connectivity index (χ1n) is 10.1. The molecule has 0 spiro atoms. The quantitative estimate of drug-likeness (QED) is 0.573. The van der Waals surface area contributed by atoms with E-state index in [-0.39, 0.29) is 10.9 Å². The Bertz CT molecular complexity index is 839. The minimum absolute atomic E-state index is 0.0826. The zero-order chi connectivity index (χ0) is 21.6. The van der Waals surface area contributed by atoms with Gasteiger partial charge in [0.15, 0.2) is 11.5 Å². The van der Waals surface area contributed by atoms with Crippen LogP contribution in [-0.2, 0) is 10.0 Å². The average molecular weight is 441 g/mol. The van der Waals surface area contributed by atoms with Crippen LogP contribution in [0.3, 0.4) is 0 Å². The second-order valence-electron chi connectivity index (χ2n) is 7.50. The van der Waals surface area contributed by atoms with Crippen LogP contribution in [0.15, 0.2) is 28.1 Å². The SMILES string of the molecule is COc1ccc(S(=O)(=O)NC2=NCN(CCCN3CCN(C)CC3)CN2)cc1OC. The fourth-order valence-corrected chi connectivity index (χ4v) is 4.46. The van der Waals surface area contributed by atoms with E-state index < -0.39 is 10.0 Å². The van der Waals surface area contributed by atoms with Crippen molar-refractivity contribution < 1.29 is 17.9 Å². The Balaban J connectivity index is 1.48. The highest BCUT2D eigenvalue weighted by Gasteiger charge is 2.21. The van der Waals surface area contributed by atoms with E-state index in [1.807, 2.05) is 0 Å². The van der Waals surface area contributed by atoms with Gasteiger partial charge in [0, 0.05) is 38.8 Å². The van der Waals surface area contributed by atoms with Crippen molar-refractivity contribution in [2.24, 2.45) is 4.99 Å². The van der Waals surface area contributed by atoms with Gasteiger partial charge in [-0.05, 0) is 32.1 Å². The Labute approximate surface area is 178 Å². The molecule has 2 heterocycles. The normalized spacial score (nSPS) is 19.1. The van der Waals surface area contributed by atoms with Crippen LogP contribution in [0.25, 0.3) is 0 Å². The Morgan fingerprint density at radius 1 is 1.07 bits per heavy atom. The molecule has 1 aromatic rings. The third-order valence-electron chi connectivity index (χ3n) is 5.34. The minimum atomic E-state index is -3.78. The summed E-state index contributed by atoms with van der Waals surface area (Å²) in [5.74, 6) is 1.07. The number of rotatable bonds is 8. The van der Waals surface area contributed by atoms with Crippen molar-refractivity contribution in [1.82, 2.24) is 24.7 Å². The third-order valence-corrected chi connectivity index (χ3v) is 6.68. The molecule has 30 heavy (non-hydrogen) atoms. The summed E-state index contributed by atoms with van der Waals surface area (Å²) in [6.45, 7) is 7.49. The molecule has 0 unspecified atom stereocenters. The monoisotopic (exact) mass is 440 g/mol. The summed E-state index contributed by atoms with van der Waals surface area (Å²) in [5.41, 5.74) is 0. The molecule has 2 N–H and O–H groups in total. The fraction of sp³-hybridized carbons (Fsp3) is 0.632. The fourth-order valence-electron chi connectivity index (χ4n) is 3.44. The predicted molar refractivity (Wildman–Crippen MR) is 115 cm³/mol. The van der Waals surface area contributed by atoms with Gasteiger partial charge in [0.05, 0.1) is 32.5 Å². The van der Waals surface area contributed by atoms with Gasteiger partial charge >= 0.3 is 0 Å². The first-order valence-corrected chi connectivity index (χ1v) is 11.6. The lowest BCUT2D eigenvalue weighted by atomic mass is 10.3. The molecule has 0 radical (unpaired) electrons. The number of likely N-dealkylation sites (N-methyl/N-ethyl adjacent to an activating group) is 1. The number of ether oxygens (including phenoxy) is 2. The molecule has 2 aliphatic rings. The molecule has 0 atom stereocenters. The van der Waals surface area contributed by atoms with Crippen molar-refractivity contribution in [2.45, 2.75) is 11.3 Å². The van der Waals surface area contributed by atoms with Gasteiger partial charge in [-0.3, -0.25) is 4.90 Å². The lowest BCUT2D eigenvalue weighted by Crippen LogP contribution is -2.50. The highest BCUT2D eigenvalue weighted by molar-refractivity contribution is 7.90. The van der Waals surface area contributed by atoms with Gasteiger partial charge < -0.3 is 24.6 Å². The minimum Gasteiger partial charge on any atom is -0.493 e. The average Bonchev–Trinajstić information content (AvgIpc) is 2.75. The van der Waals surface area contributed by atoms with Crippen LogP contribution in [0, 0.1) is 0 Å². The molecule has 0 bridgehead atoms. The van der Waals surface area contributed by atoms with E-state index in [9.17, 15) is 8.42 Å². The number of hydrogen-bond donors (Lipinski definition) is 2. The van der Waals surface area contributed by atoms with E-state index in [4.69, 9.17) is 9.47 Å². The van der Waals surface area contributed by atoms with Gasteiger partial charge in [-0.1, -0.05) is 0 Å². The van der Waals surface area contributed by atoms with Gasteiger partial charge in [-0.25, -0.2) is 18.1 Å². The van der Waals surface area contributed by atoms with Gasteiger partial charge in [0.1, 0.15) is 0 Å². The Kier molecular flexibility index (Phi) is 7.75. The molecule has 0 aliphatic carbocycles. The molecule has 1 fully saturated rings. The van der Waals surface area contributed by atoms with Gasteiger partial charge in [0.25, 0.3) is 10.0 Å². The lowest BCUT2D eigenvalue weighted by molar-refractivity contribution is 0.145. The maximum absolute atomic E-state index is 12.7. The predicted octanol–water partition coefficient (Wildman–Crippen LogP) is -0.204. The molecule has 11 heteroatoms. The van der Waals surface area contributed by atoms with Crippen molar-refractivity contribution in [3.63, 3.8) is 0 Å². The lowest BCUT2D eigenvalue weighted by Gasteiger charge is -2.33. The van der Waals surface area contributed by atoms with Crippen molar-refractivity contribution in [1.29, 1.82) is 0 Å². The van der Waals surface area contributed by atoms with E-state index in [2.05, 4.69) is 36.8 Å². The third kappa shape index (κ3) is 5.97. The van der Waals surface area contributed by atoms with Crippen LogP contribution >= 0.6 is 0 Å². The molecule has 168 valence electrons.